The van der Waals surface area contributed by atoms with Crippen molar-refractivity contribution in [2.75, 3.05) is 26.0 Å². The van der Waals surface area contributed by atoms with Crippen LogP contribution in [-0.2, 0) is 14.8 Å². The Kier molecular flexibility index (Phi) is 5.79. The van der Waals surface area contributed by atoms with Gasteiger partial charge in [0.2, 0.25) is 10.0 Å². The summed E-state index contributed by atoms with van der Waals surface area (Å²) >= 11 is 0. The van der Waals surface area contributed by atoms with Gasteiger partial charge in [0.15, 0.2) is 0 Å². The number of hydrogen-bond donors (Lipinski definition) is 2. The number of ether oxygens (including phenoxy) is 1. The summed E-state index contributed by atoms with van der Waals surface area (Å²) in [5.41, 5.74) is 0.0678. The number of rotatable bonds is 8. The van der Waals surface area contributed by atoms with Crippen LogP contribution >= 0.6 is 0 Å². The van der Waals surface area contributed by atoms with Gasteiger partial charge in [0, 0.05) is 24.6 Å². The van der Waals surface area contributed by atoms with Gasteiger partial charge >= 0.3 is 0 Å². The van der Waals surface area contributed by atoms with E-state index in [1.165, 1.54) is 7.05 Å². The van der Waals surface area contributed by atoms with Crippen LogP contribution in [0.3, 0.4) is 0 Å². The van der Waals surface area contributed by atoms with Gasteiger partial charge in [-0.3, -0.25) is 0 Å². The highest BCUT2D eigenvalue weighted by Gasteiger charge is 2.48. The number of nitrogens with one attached hydrogen (secondary N) is 2. The fourth-order valence-corrected chi connectivity index (χ4v) is 2.88. The number of sulfonamides is 1. The van der Waals surface area contributed by atoms with Gasteiger partial charge in [0.25, 0.3) is 0 Å². The van der Waals surface area contributed by atoms with Crippen molar-refractivity contribution in [2.24, 2.45) is 11.3 Å². The average molecular weight is 292 g/mol. The molecule has 2 N–H and O–H groups in total. The summed E-state index contributed by atoms with van der Waals surface area (Å²) in [6, 6.07) is 0.330. The first-order chi connectivity index (χ1) is 8.69. The predicted molar refractivity (Wildman–Crippen MR) is 77.6 cm³/mol. The fraction of sp³-hybridized carbons (Fsp3) is 1.00. The molecule has 2 unspecified atom stereocenters. The molecule has 0 aliphatic heterocycles. The Morgan fingerprint density at radius 3 is 2.47 bits per heavy atom. The second-order valence-corrected chi connectivity index (χ2v) is 8.35. The summed E-state index contributed by atoms with van der Waals surface area (Å²) in [4.78, 5) is 0. The van der Waals surface area contributed by atoms with Gasteiger partial charge in [-0.25, -0.2) is 13.1 Å². The normalized spacial score (nSPS) is 26.4. The maximum atomic E-state index is 11.3. The third-order valence-electron chi connectivity index (χ3n) is 3.88. The van der Waals surface area contributed by atoms with E-state index in [1.54, 1.807) is 0 Å². The van der Waals surface area contributed by atoms with E-state index in [4.69, 9.17) is 4.74 Å². The molecular weight excluding hydrogens is 264 g/mol. The molecule has 0 bridgehead atoms. The zero-order chi connectivity index (χ0) is 14.7. The lowest BCUT2D eigenvalue weighted by Gasteiger charge is -2.52. The molecule has 0 radical (unpaired) electrons. The van der Waals surface area contributed by atoms with Crippen molar-refractivity contribution in [3.8, 4) is 0 Å². The summed E-state index contributed by atoms with van der Waals surface area (Å²) in [5, 5.41) is 3.32. The van der Waals surface area contributed by atoms with E-state index in [2.05, 4.69) is 37.7 Å². The van der Waals surface area contributed by atoms with Gasteiger partial charge in [-0.05, 0) is 19.4 Å². The molecule has 0 aromatic carbocycles. The van der Waals surface area contributed by atoms with Crippen LogP contribution in [0.4, 0.5) is 0 Å². The summed E-state index contributed by atoms with van der Waals surface area (Å²) in [6.07, 6.45) is 1.23. The Bertz CT molecular complexity index is 379. The molecule has 114 valence electrons. The molecule has 1 rings (SSSR count). The van der Waals surface area contributed by atoms with Crippen LogP contribution in [0.2, 0.25) is 0 Å². The van der Waals surface area contributed by atoms with Crippen molar-refractivity contribution in [1.82, 2.24) is 10.0 Å². The lowest BCUT2D eigenvalue weighted by atomic mass is 9.64. The van der Waals surface area contributed by atoms with Crippen LogP contribution < -0.4 is 10.0 Å². The van der Waals surface area contributed by atoms with Crippen LogP contribution in [0.5, 0.6) is 0 Å². The summed E-state index contributed by atoms with van der Waals surface area (Å²) in [7, 11) is -1.67. The standard InChI is InChI=1S/C13H28N2O3S/c1-10(2)9-18-12-8-11(13(12,3)4)15-6-7-19(16,17)14-5/h10-12,14-15H,6-9H2,1-5H3. The topological polar surface area (TPSA) is 67.4 Å². The quantitative estimate of drug-likeness (QED) is 0.699. The molecule has 6 heteroatoms. The highest BCUT2D eigenvalue weighted by atomic mass is 32.2. The number of hydrogen-bond acceptors (Lipinski definition) is 4. The molecular formula is C13H28N2O3S. The third kappa shape index (κ3) is 4.70. The molecule has 19 heavy (non-hydrogen) atoms. The summed E-state index contributed by atoms with van der Waals surface area (Å²) in [5.74, 6) is 0.664. The van der Waals surface area contributed by atoms with Gasteiger partial charge in [0.1, 0.15) is 0 Å². The lowest BCUT2D eigenvalue weighted by molar-refractivity contribution is -0.123. The minimum absolute atomic E-state index is 0.0678. The fourth-order valence-electron chi connectivity index (χ4n) is 2.29. The SMILES string of the molecule is CNS(=O)(=O)CCNC1CC(OCC(C)C)C1(C)C. The van der Waals surface area contributed by atoms with Crippen LogP contribution in [-0.4, -0.2) is 46.5 Å². The smallest absolute Gasteiger partial charge is 0.212 e. The highest BCUT2D eigenvalue weighted by Crippen LogP contribution is 2.42. The van der Waals surface area contributed by atoms with Crippen molar-refractivity contribution in [1.29, 1.82) is 0 Å². The molecule has 0 amide bonds. The molecule has 0 aromatic rings. The highest BCUT2D eigenvalue weighted by molar-refractivity contribution is 7.89. The second kappa shape index (κ2) is 6.52. The molecule has 0 aromatic heterocycles. The van der Waals surface area contributed by atoms with Gasteiger partial charge in [-0.2, -0.15) is 0 Å². The second-order valence-electron chi connectivity index (χ2n) is 6.30. The van der Waals surface area contributed by atoms with Crippen molar-refractivity contribution >= 4 is 10.0 Å². The molecule has 0 spiro atoms. The Labute approximate surface area is 117 Å². The monoisotopic (exact) mass is 292 g/mol. The molecule has 1 aliphatic rings. The third-order valence-corrected chi connectivity index (χ3v) is 5.24. The molecule has 0 saturated heterocycles. The minimum atomic E-state index is -3.12. The van der Waals surface area contributed by atoms with Crippen molar-refractivity contribution in [2.45, 2.75) is 46.3 Å². The molecule has 1 saturated carbocycles. The van der Waals surface area contributed by atoms with Gasteiger partial charge in [-0.1, -0.05) is 27.7 Å². The lowest BCUT2D eigenvalue weighted by Crippen LogP contribution is -2.61. The van der Waals surface area contributed by atoms with E-state index in [0.29, 0.717) is 18.5 Å². The molecule has 2 atom stereocenters. The van der Waals surface area contributed by atoms with E-state index in [9.17, 15) is 8.42 Å². The predicted octanol–water partition coefficient (Wildman–Crippen LogP) is 0.965. The van der Waals surface area contributed by atoms with Crippen LogP contribution in [0.25, 0.3) is 0 Å². The Morgan fingerprint density at radius 1 is 1.37 bits per heavy atom. The van der Waals surface area contributed by atoms with Gasteiger partial charge in [-0.15, -0.1) is 0 Å². The average Bonchev–Trinajstić information content (AvgIpc) is 2.31. The Balaban J connectivity index is 2.31. The maximum absolute atomic E-state index is 11.3. The van der Waals surface area contributed by atoms with Crippen molar-refractivity contribution < 1.29 is 13.2 Å². The van der Waals surface area contributed by atoms with Crippen molar-refractivity contribution in [3.63, 3.8) is 0 Å². The first kappa shape index (κ1) is 16.9. The first-order valence-corrected chi connectivity index (χ1v) is 8.60. The largest absolute Gasteiger partial charge is 0.377 e. The molecule has 1 fully saturated rings. The first-order valence-electron chi connectivity index (χ1n) is 6.95. The van der Waals surface area contributed by atoms with E-state index in [0.717, 1.165) is 13.0 Å². The minimum Gasteiger partial charge on any atom is -0.377 e. The summed E-state index contributed by atoms with van der Waals surface area (Å²) < 4.78 is 30.8. The van der Waals surface area contributed by atoms with Crippen molar-refractivity contribution in [3.05, 3.63) is 0 Å². The Morgan fingerprint density at radius 2 is 2.00 bits per heavy atom. The van der Waals surface area contributed by atoms with E-state index in [-0.39, 0.29) is 17.3 Å². The van der Waals surface area contributed by atoms with Gasteiger partial charge in [0.05, 0.1) is 11.9 Å². The van der Waals surface area contributed by atoms with Crippen LogP contribution in [0, 0.1) is 11.3 Å². The van der Waals surface area contributed by atoms with E-state index < -0.39 is 10.0 Å². The molecule has 5 nitrogen and oxygen atoms in total. The zero-order valence-electron chi connectivity index (χ0n) is 12.7. The van der Waals surface area contributed by atoms with E-state index in [1.807, 2.05) is 0 Å². The zero-order valence-corrected chi connectivity index (χ0v) is 13.5. The molecule has 0 heterocycles. The van der Waals surface area contributed by atoms with Crippen LogP contribution in [0.1, 0.15) is 34.1 Å². The summed E-state index contributed by atoms with van der Waals surface area (Å²) in [6.45, 7) is 9.90. The maximum Gasteiger partial charge on any atom is 0.212 e. The van der Waals surface area contributed by atoms with Crippen LogP contribution in [0.15, 0.2) is 0 Å². The van der Waals surface area contributed by atoms with E-state index >= 15 is 0 Å². The Hall–Kier alpha value is -0.170. The molecule has 1 aliphatic carbocycles. The van der Waals surface area contributed by atoms with Gasteiger partial charge < -0.3 is 10.1 Å².